The monoisotopic (exact) mass is 589 g/mol. The number of carbonyl (C=O) groups excluding carboxylic acids is 2. The van der Waals surface area contributed by atoms with Crippen LogP contribution in [-0.2, 0) is 11.0 Å². The number of fused-ring (bicyclic) bond motifs is 1. The van der Waals surface area contributed by atoms with Gasteiger partial charge in [0.15, 0.2) is 11.5 Å². The highest BCUT2D eigenvalue weighted by Gasteiger charge is 2.61. The van der Waals surface area contributed by atoms with Gasteiger partial charge in [0.2, 0.25) is 0 Å². The van der Waals surface area contributed by atoms with Crippen LogP contribution in [-0.4, -0.2) is 56.2 Å². The normalized spacial score (nSPS) is 25.4. The molecule has 4 atom stereocenters. The van der Waals surface area contributed by atoms with Gasteiger partial charge in [0.05, 0.1) is 52.4 Å². The summed E-state index contributed by atoms with van der Waals surface area (Å²) in [5.74, 6) is -3.93. The number of rotatable bonds is 8. The third-order valence-electron chi connectivity index (χ3n) is 8.18. The second-order valence-electron chi connectivity index (χ2n) is 10.7. The van der Waals surface area contributed by atoms with E-state index in [1.807, 2.05) is 0 Å². The molecule has 1 aromatic heterocycles. The molecule has 0 bridgehead atoms. The van der Waals surface area contributed by atoms with Crippen molar-refractivity contribution in [2.45, 2.75) is 56.4 Å². The van der Waals surface area contributed by atoms with E-state index in [1.165, 1.54) is 18.2 Å². The Morgan fingerprint density at radius 1 is 1.10 bits per heavy atom. The number of carbonyl (C=O) groups is 3. The summed E-state index contributed by atoms with van der Waals surface area (Å²) in [4.78, 5) is 38.9. The number of aromatic nitrogens is 2. The van der Waals surface area contributed by atoms with Crippen LogP contribution in [0.2, 0.25) is 10.0 Å². The highest BCUT2D eigenvalue weighted by Crippen LogP contribution is 2.61. The maximum atomic E-state index is 15.5. The first-order valence-electron chi connectivity index (χ1n) is 12.6. The molecule has 1 aromatic carbocycles. The molecular formula is C26H25Cl2F4N3O4. The van der Waals surface area contributed by atoms with Crippen LogP contribution >= 0.6 is 23.2 Å². The maximum absolute atomic E-state index is 15.5. The third-order valence-corrected chi connectivity index (χ3v) is 8.81. The van der Waals surface area contributed by atoms with E-state index in [1.54, 1.807) is 0 Å². The summed E-state index contributed by atoms with van der Waals surface area (Å²) in [6.07, 6.45) is -2.47. The van der Waals surface area contributed by atoms with Crippen molar-refractivity contribution in [3.05, 3.63) is 51.3 Å². The average Bonchev–Trinajstić information content (AvgIpc) is 3.26. The van der Waals surface area contributed by atoms with Gasteiger partial charge in [-0.15, -0.1) is 0 Å². The van der Waals surface area contributed by atoms with Gasteiger partial charge in [-0.25, -0.2) is 4.39 Å². The lowest BCUT2D eigenvalue weighted by Gasteiger charge is -2.30. The highest BCUT2D eigenvalue weighted by atomic mass is 35.5. The third kappa shape index (κ3) is 5.27. The van der Waals surface area contributed by atoms with Crippen molar-refractivity contribution in [1.29, 1.82) is 0 Å². The van der Waals surface area contributed by atoms with Crippen LogP contribution in [0.5, 0.6) is 0 Å². The fourth-order valence-electron chi connectivity index (χ4n) is 6.35. The number of Topliss-reactive ketones (excluding diaryl/α,β-unsaturated/α-hetero) is 1. The maximum Gasteiger partial charge on any atom is 0.433 e. The van der Waals surface area contributed by atoms with Crippen LogP contribution in [0.3, 0.4) is 0 Å². The lowest BCUT2D eigenvalue weighted by Crippen LogP contribution is -2.45. The average molecular weight is 590 g/mol. The second-order valence-corrected chi connectivity index (χ2v) is 11.5. The summed E-state index contributed by atoms with van der Waals surface area (Å²) in [6, 6.07) is 3.60. The molecule has 3 saturated carbocycles. The summed E-state index contributed by atoms with van der Waals surface area (Å²) >= 11 is 12.3. The minimum absolute atomic E-state index is 0.000934. The molecule has 0 aliphatic heterocycles. The molecule has 0 radical (unpaired) electrons. The van der Waals surface area contributed by atoms with Gasteiger partial charge in [0.1, 0.15) is 5.67 Å². The first-order chi connectivity index (χ1) is 18.3. The summed E-state index contributed by atoms with van der Waals surface area (Å²) in [6.45, 7) is -1.31. The Morgan fingerprint density at radius 2 is 1.69 bits per heavy atom. The van der Waals surface area contributed by atoms with Gasteiger partial charge >= 0.3 is 12.1 Å². The summed E-state index contributed by atoms with van der Waals surface area (Å²) in [7, 11) is 0. The van der Waals surface area contributed by atoms with Gasteiger partial charge in [-0.3, -0.25) is 19.1 Å². The van der Waals surface area contributed by atoms with Crippen molar-refractivity contribution in [2.24, 2.45) is 17.8 Å². The summed E-state index contributed by atoms with van der Waals surface area (Å²) < 4.78 is 59.3. The van der Waals surface area contributed by atoms with Crippen LogP contribution in [0.1, 0.15) is 71.0 Å². The number of carboxylic acid groups (broad SMARTS) is 1. The standard InChI is InChI=1S/C26H25Cl2F4N3O4/c27-17-4-3-5-18(28)21(17)19(36)11-34(12-25(29)6-1-2-7-25)23(37)16-10-33-35(22(16)26(30,31)32)13-8-14-15(9-13)20(14)24(38)39/h3-5,10,13-15,20H,1-2,6-9,11-12H2,(H,38,39)/t13?,14-,15?,20?/m1/s1. The number of amides is 1. The number of benzene rings is 1. The van der Waals surface area contributed by atoms with E-state index in [9.17, 15) is 32.7 Å². The number of hydrogen-bond acceptors (Lipinski definition) is 4. The van der Waals surface area contributed by atoms with Crippen LogP contribution in [0, 0.1) is 17.8 Å². The Labute approximate surface area is 231 Å². The molecule has 1 heterocycles. The fourth-order valence-corrected chi connectivity index (χ4v) is 6.96. The zero-order chi connectivity index (χ0) is 28.3. The molecule has 3 fully saturated rings. The summed E-state index contributed by atoms with van der Waals surface area (Å²) in [5, 5.41) is 13.1. The van der Waals surface area contributed by atoms with Gasteiger partial charge < -0.3 is 10.0 Å². The molecule has 0 spiro atoms. The van der Waals surface area contributed by atoms with Crippen molar-refractivity contribution >= 4 is 40.9 Å². The Hall–Kier alpha value is -2.66. The highest BCUT2D eigenvalue weighted by molar-refractivity contribution is 6.40. The molecule has 13 heteroatoms. The van der Waals surface area contributed by atoms with Crippen molar-refractivity contribution in [3.63, 3.8) is 0 Å². The van der Waals surface area contributed by atoms with Crippen molar-refractivity contribution < 1.29 is 37.1 Å². The first-order valence-corrected chi connectivity index (χ1v) is 13.4. The van der Waals surface area contributed by atoms with E-state index in [-0.39, 0.29) is 53.1 Å². The second kappa shape index (κ2) is 10.1. The molecule has 3 aliphatic carbocycles. The zero-order valence-corrected chi connectivity index (χ0v) is 22.1. The quantitative estimate of drug-likeness (QED) is 0.297. The number of halogens is 6. The fraction of sp³-hybridized carbons (Fsp3) is 0.538. The van der Waals surface area contributed by atoms with Gasteiger partial charge in [-0.05, 0) is 49.7 Å². The lowest BCUT2D eigenvalue weighted by atomic mass is 10.0. The number of ketones is 1. The first kappa shape index (κ1) is 27.9. The predicted octanol–water partition coefficient (Wildman–Crippen LogP) is 6.10. The van der Waals surface area contributed by atoms with Crippen molar-refractivity contribution in [3.8, 4) is 0 Å². The largest absolute Gasteiger partial charge is 0.481 e. The van der Waals surface area contributed by atoms with E-state index in [0.29, 0.717) is 12.8 Å². The smallest absolute Gasteiger partial charge is 0.433 e. The van der Waals surface area contributed by atoms with Crippen LogP contribution < -0.4 is 0 Å². The number of carboxylic acids is 1. The van der Waals surface area contributed by atoms with Gasteiger partial charge in [-0.2, -0.15) is 18.3 Å². The molecule has 210 valence electrons. The molecule has 2 aromatic rings. The molecule has 0 saturated heterocycles. The SMILES string of the molecule is O=C(CN(CC1(F)CCCC1)C(=O)c1cnn(C2CC3C(C(=O)O)[C@@H]3C2)c1C(F)(F)F)c1c(Cl)cccc1Cl. The summed E-state index contributed by atoms with van der Waals surface area (Å²) in [5.41, 5.74) is -4.05. The lowest BCUT2D eigenvalue weighted by molar-refractivity contribution is -0.146. The van der Waals surface area contributed by atoms with Crippen LogP contribution in [0.25, 0.3) is 0 Å². The predicted molar refractivity (Wildman–Crippen MR) is 133 cm³/mol. The van der Waals surface area contributed by atoms with Gasteiger partial charge in [-0.1, -0.05) is 42.1 Å². The molecule has 1 amide bonds. The molecular weight excluding hydrogens is 565 g/mol. The van der Waals surface area contributed by atoms with E-state index in [2.05, 4.69) is 5.10 Å². The van der Waals surface area contributed by atoms with Gasteiger partial charge in [0, 0.05) is 0 Å². The van der Waals surface area contributed by atoms with E-state index in [4.69, 9.17) is 23.2 Å². The zero-order valence-electron chi connectivity index (χ0n) is 20.6. The Kier molecular flexibility index (Phi) is 7.20. The Bertz CT molecular complexity index is 1290. The van der Waals surface area contributed by atoms with Gasteiger partial charge in [0.25, 0.3) is 5.91 Å². The van der Waals surface area contributed by atoms with E-state index < -0.39 is 65.8 Å². The minimum atomic E-state index is -4.98. The molecule has 1 N–H and O–H groups in total. The van der Waals surface area contributed by atoms with E-state index in [0.717, 1.165) is 15.8 Å². The number of hydrogen-bond donors (Lipinski definition) is 1. The number of aliphatic carboxylic acids is 1. The van der Waals surface area contributed by atoms with Crippen LogP contribution in [0.4, 0.5) is 17.6 Å². The Morgan fingerprint density at radius 3 is 2.23 bits per heavy atom. The molecule has 3 unspecified atom stereocenters. The number of nitrogens with zero attached hydrogens (tertiary/aromatic N) is 3. The van der Waals surface area contributed by atoms with Crippen LogP contribution in [0.15, 0.2) is 24.4 Å². The van der Waals surface area contributed by atoms with Crippen molar-refractivity contribution in [1.82, 2.24) is 14.7 Å². The Balaban J connectivity index is 1.46. The van der Waals surface area contributed by atoms with Crippen molar-refractivity contribution in [2.75, 3.05) is 13.1 Å². The number of alkyl halides is 4. The molecule has 39 heavy (non-hydrogen) atoms. The molecule has 3 aliphatic rings. The van der Waals surface area contributed by atoms with E-state index >= 15 is 4.39 Å². The molecule has 5 rings (SSSR count). The molecule has 7 nitrogen and oxygen atoms in total. The topological polar surface area (TPSA) is 92.5 Å². The minimum Gasteiger partial charge on any atom is -0.481 e.